The molecule has 0 amide bonds. The number of nitrogens with two attached hydrogens (primary N) is 1. The van der Waals surface area contributed by atoms with Gasteiger partial charge in [-0.3, -0.25) is 0 Å². The number of benzene rings is 2. The SMILES string of the molecule is Nc1c(Cl)cc(C(O)CNCCC2=CC(NCC(O)c3ccccc3)=CCC2)cc1Cl. The van der Waals surface area contributed by atoms with E-state index in [0.717, 1.165) is 37.1 Å². The maximum atomic E-state index is 10.4. The number of hydrogen-bond donors (Lipinski definition) is 5. The molecule has 0 heterocycles. The lowest BCUT2D eigenvalue weighted by Crippen LogP contribution is -2.24. The molecule has 3 rings (SSSR count). The molecule has 166 valence electrons. The molecule has 0 bridgehead atoms. The van der Waals surface area contributed by atoms with Crippen molar-refractivity contribution in [3.8, 4) is 0 Å². The lowest BCUT2D eigenvalue weighted by atomic mass is 10.00. The largest absolute Gasteiger partial charge is 0.396 e. The Morgan fingerprint density at radius 2 is 1.65 bits per heavy atom. The third-order valence-corrected chi connectivity index (χ3v) is 5.95. The van der Waals surface area contributed by atoms with Gasteiger partial charge in [0.1, 0.15) is 0 Å². The molecular formula is C24H29Cl2N3O2. The number of hydrogen-bond acceptors (Lipinski definition) is 5. The van der Waals surface area contributed by atoms with Crippen molar-refractivity contribution in [3.63, 3.8) is 0 Å². The quantitative estimate of drug-likeness (QED) is 0.265. The number of halogens is 2. The average Bonchev–Trinajstić information content (AvgIpc) is 2.79. The van der Waals surface area contributed by atoms with Crippen molar-refractivity contribution in [2.24, 2.45) is 0 Å². The first-order chi connectivity index (χ1) is 14.9. The Morgan fingerprint density at radius 3 is 2.35 bits per heavy atom. The highest BCUT2D eigenvalue weighted by molar-refractivity contribution is 6.38. The van der Waals surface area contributed by atoms with Crippen LogP contribution in [0.3, 0.4) is 0 Å². The lowest BCUT2D eigenvalue weighted by molar-refractivity contribution is 0.175. The van der Waals surface area contributed by atoms with Crippen LogP contribution < -0.4 is 16.4 Å². The number of rotatable bonds is 10. The van der Waals surface area contributed by atoms with Crippen molar-refractivity contribution in [2.45, 2.75) is 31.5 Å². The van der Waals surface area contributed by atoms with Crippen LogP contribution in [-0.4, -0.2) is 29.8 Å². The Morgan fingerprint density at radius 1 is 0.968 bits per heavy atom. The molecule has 6 N–H and O–H groups in total. The van der Waals surface area contributed by atoms with Gasteiger partial charge in [0, 0.05) is 18.8 Å². The average molecular weight is 462 g/mol. The van der Waals surface area contributed by atoms with Gasteiger partial charge in [0.15, 0.2) is 0 Å². The van der Waals surface area contributed by atoms with Crippen molar-refractivity contribution >= 4 is 28.9 Å². The summed E-state index contributed by atoms with van der Waals surface area (Å²) in [5.41, 5.74) is 9.99. The zero-order chi connectivity index (χ0) is 22.2. The van der Waals surface area contributed by atoms with Gasteiger partial charge in [0.25, 0.3) is 0 Å². The highest BCUT2D eigenvalue weighted by atomic mass is 35.5. The molecule has 31 heavy (non-hydrogen) atoms. The van der Waals surface area contributed by atoms with Gasteiger partial charge in [-0.25, -0.2) is 0 Å². The normalized spacial score (nSPS) is 15.7. The molecule has 0 aliphatic heterocycles. The van der Waals surface area contributed by atoms with Crippen LogP contribution in [0.25, 0.3) is 0 Å². The molecular weight excluding hydrogens is 433 g/mol. The topological polar surface area (TPSA) is 90.5 Å². The van der Waals surface area contributed by atoms with Gasteiger partial charge in [0.2, 0.25) is 0 Å². The zero-order valence-corrected chi connectivity index (χ0v) is 18.8. The Kier molecular flexibility index (Phi) is 8.81. The molecule has 0 saturated heterocycles. The minimum Gasteiger partial charge on any atom is -0.396 e. The number of anilines is 1. The molecule has 2 aromatic rings. The van der Waals surface area contributed by atoms with Crippen LogP contribution in [0, 0.1) is 0 Å². The van der Waals surface area contributed by atoms with Gasteiger partial charge >= 0.3 is 0 Å². The molecule has 0 spiro atoms. The third kappa shape index (κ3) is 6.99. The zero-order valence-electron chi connectivity index (χ0n) is 17.3. The van der Waals surface area contributed by atoms with Crippen LogP contribution in [0.2, 0.25) is 10.0 Å². The summed E-state index contributed by atoms with van der Waals surface area (Å²) in [6.07, 6.45) is 5.93. The number of allylic oxidation sites excluding steroid dienone is 2. The molecule has 2 atom stereocenters. The molecule has 0 aromatic heterocycles. The van der Waals surface area contributed by atoms with Crippen molar-refractivity contribution in [1.29, 1.82) is 0 Å². The fourth-order valence-corrected chi connectivity index (χ4v) is 4.00. The number of aliphatic hydroxyl groups is 2. The van der Waals surface area contributed by atoms with Gasteiger partial charge in [-0.2, -0.15) is 0 Å². The predicted molar refractivity (Wildman–Crippen MR) is 128 cm³/mol. The van der Waals surface area contributed by atoms with Gasteiger partial charge < -0.3 is 26.6 Å². The van der Waals surface area contributed by atoms with Crippen molar-refractivity contribution < 1.29 is 10.2 Å². The first kappa shape index (κ1) is 23.6. The molecule has 2 aromatic carbocycles. The van der Waals surface area contributed by atoms with E-state index < -0.39 is 12.2 Å². The standard InChI is InChI=1S/C24H29Cl2N3O2/c25-20-12-18(13-21(26)24(20)27)22(30)14-28-10-9-16-5-4-8-19(11-16)29-15-23(31)17-6-2-1-3-7-17/h1-3,6-8,11-13,22-23,28-31H,4-5,9-10,14-15,27H2. The molecule has 0 fully saturated rings. The van der Waals surface area contributed by atoms with Crippen LogP contribution in [0.15, 0.2) is 65.9 Å². The number of aliphatic hydroxyl groups excluding tert-OH is 2. The van der Waals surface area contributed by atoms with Crippen molar-refractivity contribution in [3.05, 3.63) is 87.1 Å². The van der Waals surface area contributed by atoms with Gasteiger partial charge in [-0.05, 0) is 55.1 Å². The minimum absolute atomic E-state index is 0.324. The van der Waals surface area contributed by atoms with Crippen LogP contribution >= 0.6 is 23.2 Å². The first-order valence-corrected chi connectivity index (χ1v) is 11.2. The second-order valence-electron chi connectivity index (χ2n) is 7.68. The maximum absolute atomic E-state index is 10.4. The van der Waals surface area contributed by atoms with Gasteiger partial charge in [-0.15, -0.1) is 0 Å². The lowest BCUT2D eigenvalue weighted by Gasteiger charge is -2.19. The van der Waals surface area contributed by atoms with Crippen LogP contribution in [-0.2, 0) is 0 Å². The summed E-state index contributed by atoms with van der Waals surface area (Å²) in [5.74, 6) is 0. The van der Waals surface area contributed by atoms with E-state index in [1.54, 1.807) is 12.1 Å². The maximum Gasteiger partial charge on any atom is 0.0962 e. The molecule has 1 aliphatic carbocycles. The Labute approximate surface area is 193 Å². The van der Waals surface area contributed by atoms with Crippen molar-refractivity contribution in [2.75, 3.05) is 25.4 Å². The van der Waals surface area contributed by atoms with E-state index >= 15 is 0 Å². The fraction of sp³-hybridized carbons (Fsp3) is 0.333. The van der Waals surface area contributed by atoms with Gasteiger partial charge in [0.05, 0.1) is 27.9 Å². The second kappa shape index (κ2) is 11.6. The Hall–Kier alpha value is -2.02. The minimum atomic E-state index is -0.715. The van der Waals surface area contributed by atoms with E-state index in [0.29, 0.717) is 34.4 Å². The monoisotopic (exact) mass is 461 g/mol. The van der Waals surface area contributed by atoms with E-state index in [1.807, 2.05) is 30.3 Å². The molecule has 0 saturated carbocycles. The number of nitrogens with one attached hydrogen (secondary N) is 2. The Bertz CT molecular complexity index is 909. The second-order valence-corrected chi connectivity index (χ2v) is 8.49. The van der Waals surface area contributed by atoms with E-state index in [9.17, 15) is 10.2 Å². The van der Waals surface area contributed by atoms with Crippen LogP contribution in [0.5, 0.6) is 0 Å². The van der Waals surface area contributed by atoms with E-state index in [2.05, 4.69) is 22.8 Å². The summed E-state index contributed by atoms with van der Waals surface area (Å²) in [4.78, 5) is 0. The summed E-state index contributed by atoms with van der Waals surface area (Å²) in [5, 5.41) is 28.0. The highest BCUT2D eigenvalue weighted by Crippen LogP contribution is 2.31. The third-order valence-electron chi connectivity index (χ3n) is 5.32. The molecule has 7 heteroatoms. The van der Waals surface area contributed by atoms with Crippen molar-refractivity contribution in [1.82, 2.24) is 10.6 Å². The number of nitrogen functional groups attached to an aromatic ring is 1. The summed E-state index contributed by atoms with van der Waals surface area (Å²) in [6.45, 7) is 1.62. The molecule has 2 unspecified atom stereocenters. The fourth-order valence-electron chi connectivity index (χ4n) is 3.49. The Balaban J connectivity index is 1.42. The van der Waals surface area contributed by atoms with E-state index in [4.69, 9.17) is 28.9 Å². The smallest absolute Gasteiger partial charge is 0.0962 e. The van der Waals surface area contributed by atoms with Crippen LogP contribution in [0.4, 0.5) is 5.69 Å². The summed E-state index contributed by atoms with van der Waals surface area (Å²) < 4.78 is 0. The molecule has 0 radical (unpaired) electrons. The van der Waals surface area contributed by atoms with Gasteiger partial charge in [-0.1, -0.05) is 65.2 Å². The first-order valence-electron chi connectivity index (χ1n) is 10.4. The van der Waals surface area contributed by atoms with E-state index in [-0.39, 0.29) is 0 Å². The van der Waals surface area contributed by atoms with E-state index in [1.165, 1.54) is 5.57 Å². The highest BCUT2D eigenvalue weighted by Gasteiger charge is 2.13. The summed E-state index contributed by atoms with van der Waals surface area (Å²) in [6, 6.07) is 12.9. The molecule has 5 nitrogen and oxygen atoms in total. The van der Waals surface area contributed by atoms with Crippen LogP contribution in [0.1, 0.15) is 42.6 Å². The summed E-state index contributed by atoms with van der Waals surface area (Å²) >= 11 is 12.1. The summed E-state index contributed by atoms with van der Waals surface area (Å²) in [7, 11) is 0. The molecule has 1 aliphatic rings. The predicted octanol–water partition coefficient (Wildman–Crippen LogP) is 4.52.